The highest BCUT2D eigenvalue weighted by Crippen LogP contribution is 2.36. The third-order valence-corrected chi connectivity index (χ3v) is 6.51. The van der Waals surface area contributed by atoms with E-state index in [4.69, 9.17) is 46.2 Å². The van der Waals surface area contributed by atoms with Crippen molar-refractivity contribution in [3.8, 4) is 17.3 Å². The zero-order valence-electron chi connectivity index (χ0n) is 26.8. The van der Waals surface area contributed by atoms with E-state index < -0.39 is 48.4 Å². The number of aryl methyl sites for hydroxylation is 1. The van der Waals surface area contributed by atoms with Gasteiger partial charge in [-0.1, -0.05) is 29.4 Å². The number of nitrogens with one attached hydrogen (secondary N) is 2. The number of carboxylic acids is 2. The molecule has 2 aromatic heterocycles. The molecule has 52 heavy (non-hydrogen) atoms. The zero-order valence-corrected chi connectivity index (χ0v) is 26.8. The van der Waals surface area contributed by atoms with E-state index in [1.807, 2.05) is 0 Å². The van der Waals surface area contributed by atoms with Crippen LogP contribution in [-0.2, 0) is 23.1 Å². The maximum Gasteiger partial charge on any atom is 0.490 e. The Kier molecular flexibility index (Phi) is 14.2. The van der Waals surface area contributed by atoms with Gasteiger partial charge in [0.05, 0.1) is 26.3 Å². The van der Waals surface area contributed by atoms with E-state index in [1.165, 1.54) is 19.2 Å². The molecule has 22 heteroatoms. The fourth-order valence-corrected chi connectivity index (χ4v) is 4.17. The third-order valence-electron chi connectivity index (χ3n) is 6.51. The van der Waals surface area contributed by atoms with E-state index >= 15 is 4.39 Å². The molecule has 4 aromatic rings. The van der Waals surface area contributed by atoms with Crippen LogP contribution >= 0.6 is 0 Å². The summed E-state index contributed by atoms with van der Waals surface area (Å²) in [5.41, 5.74) is 12.9. The molecule has 4 rings (SSSR count). The van der Waals surface area contributed by atoms with E-state index in [1.54, 1.807) is 54.2 Å². The van der Waals surface area contributed by atoms with Gasteiger partial charge in [0.2, 0.25) is 0 Å². The van der Waals surface area contributed by atoms with Crippen molar-refractivity contribution in [2.24, 2.45) is 12.8 Å². The number of hydrogen-bond acceptors (Lipinski definition) is 9. The number of hydrogen-bond donors (Lipinski definition) is 5. The second-order valence-corrected chi connectivity index (χ2v) is 10.1. The van der Waals surface area contributed by atoms with Gasteiger partial charge in [0.25, 0.3) is 0 Å². The summed E-state index contributed by atoms with van der Waals surface area (Å²) in [7, 11) is 3.14. The first kappa shape index (κ1) is 41.9. The van der Waals surface area contributed by atoms with Gasteiger partial charge in [0.15, 0.2) is 17.4 Å². The van der Waals surface area contributed by atoms with E-state index in [9.17, 15) is 35.5 Å². The summed E-state index contributed by atoms with van der Waals surface area (Å²) >= 11 is 0. The average molecular weight is 752 g/mol. The molecule has 7 N–H and O–H groups in total. The maximum absolute atomic E-state index is 15.8. The number of nitrogens with two attached hydrogens (primary N) is 2. The molecule has 0 radical (unpaired) electrons. The highest BCUT2D eigenvalue weighted by molar-refractivity contribution is 5.94. The summed E-state index contributed by atoms with van der Waals surface area (Å²) in [5.74, 6) is -6.80. The molecule has 1 unspecified atom stereocenters. The van der Waals surface area contributed by atoms with Crippen molar-refractivity contribution in [2.45, 2.75) is 24.7 Å². The number of carbonyl (C=O) groups excluding carboxylic acids is 1. The monoisotopic (exact) mass is 751 g/mol. The summed E-state index contributed by atoms with van der Waals surface area (Å²) in [4.78, 5) is 33.4. The van der Waals surface area contributed by atoms with Crippen LogP contribution in [0.25, 0.3) is 5.82 Å². The Labute approximate surface area is 287 Å². The number of nitrogen functional groups attached to an aromatic ring is 2. The molecular formula is C30H29F8N7O7. The summed E-state index contributed by atoms with van der Waals surface area (Å²) in [6.07, 6.45) is -8.36. The highest BCUT2D eigenvalue weighted by Gasteiger charge is 2.38. The third kappa shape index (κ3) is 11.4. The van der Waals surface area contributed by atoms with E-state index in [0.717, 1.165) is 10.2 Å². The number of ether oxygens (including phenoxy) is 2. The van der Waals surface area contributed by atoms with Crippen molar-refractivity contribution in [3.05, 3.63) is 93.5 Å². The Balaban J connectivity index is 0.000000564. The summed E-state index contributed by atoms with van der Waals surface area (Å²) in [6.45, 7) is -1.14. The van der Waals surface area contributed by atoms with Gasteiger partial charge in [-0.05, 0) is 34.9 Å². The lowest BCUT2D eigenvalue weighted by molar-refractivity contribution is -0.665. The van der Waals surface area contributed by atoms with Gasteiger partial charge < -0.3 is 35.9 Å². The molecule has 0 bridgehead atoms. The Morgan fingerprint density at radius 1 is 1.12 bits per heavy atom. The van der Waals surface area contributed by atoms with Gasteiger partial charge in [-0.25, -0.2) is 22.9 Å². The number of aromatic nitrogens is 4. The van der Waals surface area contributed by atoms with Crippen LogP contribution in [0.3, 0.4) is 0 Å². The summed E-state index contributed by atoms with van der Waals surface area (Å²) in [6, 6.07) is 13.1. The number of nitrogens with zero attached hydrogens (tertiary/aromatic N) is 3. The highest BCUT2D eigenvalue weighted by atomic mass is 19.4. The van der Waals surface area contributed by atoms with Crippen LogP contribution in [0.15, 0.2) is 59.5 Å². The van der Waals surface area contributed by atoms with Crippen LogP contribution in [0.1, 0.15) is 28.4 Å². The number of carbonyl (C=O) groups is 2. The van der Waals surface area contributed by atoms with Gasteiger partial charge in [-0.2, -0.15) is 26.3 Å². The first-order valence-electron chi connectivity index (χ1n) is 14.1. The smallest absolute Gasteiger partial charge is 0.490 e. The van der Waals surface area contributed by atoms with Crippen molar-refractivity contribution in [3.63, 3.8) is 0 Å². The molecule has 0 spiro atoms. The van der Waals surface area contributed by atoms with Crippen LogP contribution in [-0.4, -0.2) is 70.4 Å². The number of methoxy groups -OCH3 is 1. The molecule has 282 valence electrons. The number of alkyl halides is 7. The molecular weight excluding hydrogens is 722 g/mol. The Morgan fingerprint density at radius 2 is 1.69 bits per heavy atom. The number of aromatic amines is 1. The number of aliphatic carboxylic acids is 2. The fraction of sp³-hybridized carbons (Fsp3) is 0.267. The minimum absolute atomic E-state index is 0.0852. The predicted molar refractivity (Wildman–Crippen MR) is 162 cm³/mol. The van der Waals surface area contributed by atoms with Gasteiger partial charge in [0.1, 0.15) is 36.5 Å². The number of benzene rings is 2. The van der Waals surface area contributed by atoms with Gasteiger partial charge in [-0.15, -0.1) is 0 Å². The lowest BCUT2D eigenvalue weighted by Crippen LogP contribution is -2.38. The predicted octanol–water partition coefficient (Wildman–Crippen LogP) is 2.05. The minimum atomic E-state index is -5.19. The Hall–Kier alpha value is -6.22. The number of carboxylic acid groups (broad SMARTS) is 2. The van der Waals surface area contributed by atoms with Gasteiger partial charge >= 0.3 is 29.8 Å². The van der Waals surface area contributed by atoms with Crippen LogP contribution in [0.4, 0.5) is 40.8 Å². The van der Waals surface area contributed by atoms with Crippen molar-refractivity contribution in [1.82, 2.24) is 14.8 Å². The van der Waals surface area contributed by atoms with E-state index in [2.05, 4.69) is 10.1 Å². The first-order valence-corrected chi connectivity index (χ1v) is 14.1. The van der Waals surface area contributed by atoms with Crippen molar-refractivity contribution in [2.75, 3.05) is 26.1 Å². The van der Waals surface area contributed by atoms with E-state index in [-0.39, 0.29) is 41.8 Å². The molecule has 0 saturated heterocycles. The second kappa shape index (κ2) is 17.6. The molecule has 0 aliphatic rings. The van der Waals surface area contributed by atoms with Crippen LogP contribution in [0.2, 0.25) is 0 Å². The van der Waals surface area contributed by atoms with Gasteiger partial charge in [0, 0.05) is 17.2 Å². The van der Waals surface area contributed by atoms with Crippen LogP contribution in [0, 0.1) is 11.2 Å². The molecule has 0 aliphatic heterocycles. The van der Waals surface area contributed by atoms with Crippen molar-refractivity contribution >= 4 is 23.5 Å². The lowest BCUT2D eigenvalue weighted by atomic mass is 9.90. The molecule has 2 heterocycles. The maximum atomic E-state index is 15.8. The lowest BCUT2D eigenvalue weighted by Gasteiger charge is -2.18. The largest absolute Gasteiger partial charge is 0.542 e. The summed E-state index contributed by atoms with van der Waals surface area (Å²) < 4.78 is 105. The molecule has 1 atom stereocenters. The topological polar surface area (TPSA) is 226 Å². The minimum Gasteiger partial charge on any atom is -0.542 e. The Morgan fingerprint density at radius 3 is 2.15 bits per heavy atom. The number of H-pyrrole nitrogens is 1. The fourth-order valence-electron chi connectivity index (χ4n) is 4.17. The standard InChI is InChI=1S/C26H27F2N7O3.2C2HF3O2/c1-34-10-3-4-20(29)25(34)35-26(36)32-24(33-35)19(12-15-5-7-16(8-6-15)23(30)31)18-13-17(37-2)14-21(22(18)28)38-11-9-27;2*3-2(4,5)1(6)7/h3-8,10,13-14,19H,9,11-12,29H2,1-2H3,(H3-,30,31,32,33,36);2*(H,6,7). The molecule has 0 aliphatic carbocycles. The van der Waals surface area contributed by atoms with Crippen LogP contribution in [0.5, 0.6) is 11.5 Å². The molecule has 0 saturated carbocycles. The number of rotatable bonds is 10. The molecule has 0 amide bonds. The second-order valence-electron chi connectivity index (χ2n) is 10.1. The van der Waals surface area contributed by atoms with Gasteiger partial charge in [-0.3, -0.25) is 10.4 Å². The number of amidine groups is 1. The zero-order chi connectivity index (χ0) is 39.6. The SMILES string of the molecule is COc1cc(OCCF)c(F)c(C(Cc2ccc(C(=N)N)cc2)c2nn(-c3c(N)ccc[n+]3C)c(=O)[nH]2)c1.O=C(O)C(F)(F)F.O=C([O-])C(F)(F)F. The normalized spacial score (nSPS) is 11.7. The van der Waals surface area contributed by atoms with Crippen LogP contribution < -0.4 is 36.3 Å². The number of anilines is 1. The molecule has 14 nitrogen and oxygen atoms in total. The molecule has 0 fully saturated rings. The first-order chi connectivity index (χ1) is 24.1. The van der Waals surface area contributed by atoms with E-state index in [0.29, 0.717) is 17.1 Å². The molecule has 2 aromatic carbocycles. The van der Waals surface area contributed by atoms with Crippen molar-refractivity contribution in [1.29, 1.82) is 5.41 Å². The number of halogens is 8. The average Bonchev–Trinajstić information content (AvgIpc) is 3.43. The Bertz CT molecular complexity index is 1880. The number of pyridine rings is 1. The summed E-state index contributed by atoms with van der Waals surface area (Å²) in [5, 5.41) is 28.0. The van der Waals surface area contributed by atoms with Crippen molar-refractivity contribution < 1.29 is 69.0 Å². The quantitative estimate of drug-likeness (QED) is 0.0686.